The molecule has 0 saturated carbocycles. The van der Waals surface area contributed by atoms with Crippen molar-refractivity contribution in [1.29, 1.82) is 0 Å². The van der Waals surface area contributed by atoms with Crippen molar-refractivity contribution in [3.8, 4) is 29.0 Å². The molecule has 0 atom stereocenters. The molecule has 4 aromatic heterocycles. The molecule has 0 amide bonds. The van der Waals surface area contributed by atoms with Crippen LogP contribution in [-0.4, -0.2) is 36.7 Å². The van der Waals surface area contributed by atoms with E-state index in [4.69, 9.17) is 15.0 Å². The summed E-state index contributed by atoms with van der Waals surface area (Å²) in [5.74, 6) is 1.66. The van der Waals surface area contributed by atoms with Crippen LogP contribution in [0.25, 0.3) is 94.4 Å². The Balaban J connectivity index is 1.07. The fraction of sp³-hybridized carbons (Fsp3) is 0. The fourth-order valence-electron chi connectivity index (χ4n) is 11.3. The molecular weight excluding hydrogens is 869 g/mol. The summed E-state index contributed by atoms with van der Waals surface area (Å²) in [6.45, 7) is 0. The van der Waals surface area contributed by atoms with Crippen molar-refractivity contribution >= 4 is 94.2 Å². The van der Waals surface area contributed by atoms with Gasteiger partial charge in [0.2, 0.25) is 11.9 Å². The third-order valence-electron chi connectivity index (χ3n) is 14.3. The molecule has 70 heavy (non-hydrogen) atoms. The second-order valence-electron chi connectivity index (χ2n) is 17.9. The van der Waals surface area contributed by atoms with E-state index < -0.39 is 8.07 Å². The van der Waals surface area contributed by atoms with Gasteiger partial charge in [0, 0.05) is 37.9 Å². The van der Waals surface area contributed by atoms with E-state index >= 15 is 0 Å². The minimum absolute atomic E-state index is 0.544. The Kier molecular flexibility index (Phi) is 9.12. The Morgan fingerprint density at radius 3 is 1.03 bits per heavy atom. The molecule has 0 fully saturated rings. The molecule has 6 nitrogen and oxygen atoms in total. The first kappa shape index (κ1) is 39.9. The zero-order chi connectivity index (χ0) is 46.2. The van der Waals surface area contributed by atoms with Crippen LogP contribution in [0.2, 0.25) is 0 Å². The van der Waals surface area contributed by atoms with Gasteiger partial charge >= 0.3 is 0 Å². The third-order valence-corrected chi connectivity index (χ3v) is 19.1. The second-order valence-corrected chi connectivity index (χ2v) is 21.8. The van der Waals surface area contributed by atoms with Crippen molar-refractivity contribution in [2.75, 3.05) is 0 Å². The molecule has 0 saturated heterocycles. The van der Waals surface area contributed by atoms with Gasteiger partial charge in [-0.25, -0.2) is 0 Å². The number of rotatable bonds is 8. The first-order valence-corrected chi connectivity index (χ1v) is 25.8. The van der Waals surface area contributed by atoms with E-state index in [-0.39, 0.29) is 0 Å². The van der Waals surface area contributed by atoms with Crippen molar-refractivity contribution in [3.05, 3.63) is 255 Å². The number of fused-ring (bicyclic) bond motifs is 9. The normalized spacial score (nSPS) is 12.0. The molecule has 4 heterocycles. The summed E-state index contributed by atoms with van der Waals surface area (Å²) in [5.41, 5.74) is 8.20. The number of aromatic nitrogens is 6. The molecule has 14 rings (SSSR count). The van der Waals surface area contributed by atoms with Crippen molar-refractivity contribution < 1.29 is 0 Å². The molecule has 0 aliphatic rings. The van der Waals surface area contributed by atoms with E-state index in [9.17, 15) is 0 Å². The molecular formula is C63H42N6Si. The number of hydrogen-bond donors (Lipinski definition) is 0. The molecule has 10 aromatic carbocycles. The first-order chi connectivity index (χ1) is 34.8. The standard InChI is InChI=1S/C63H42N6Si/c1-4-22-43(23-5-1)70(44-24-6-2-7-25-44,45-26-8-3-9-27-45)46-40-41-52-51-32-10-16-34-54(51)67(60(52)42-46)59-39-21-15-33-53(59)61-64-62(68-55-35-17-11-28-47(55)48-29-12-18-36-56(48)68)66-63(65-61)69-57-37-19-13-30-49(57)50-31-14-20-38-58(50)69/h1-42H. The highest BCUT2D eigenvalue weighted by Crippen LogP contribution is 2.38. The highest BCUT2D eigenvalue weighted by molar-refractivity contribution is 7.20. The van der Waals surface area contributed by atoms with Crippen molar-refractivity contribution in [2.45, 2.75) is 0 Å². The molecule has 0 radical (unpaired) electrons. The predicted molar refractivity (Wildman–Crippen MR) is 292 cm³/mol. The third kappa shape index (κ3) is 5.95. The van der Waals surface area contributed by atoms with Gasteiger partial charge < -0.3 is 4.57 Å². The molecule has 0 aliphatic carbocycles. The molecule has 0 unspecified atom stereocenters. The van der Waals surface area contributed by atoms with Gasteiger partial charge in [0.1, 0.15) is 0 Å². The first-order valence-electron chi connectivity index (χ1n) is 23.8. The van der Waals surface area contributed by atoms with E-state index in [1.807, 2.05) is 0 Å². The minimum atomic E-state index is -2.89. The number of hydrogen-bond acceptors (Lipinski definition) is 3. The lowest BCUT2D eigenvalue weighted by Crippen LogP contribution is -2.74. The van der Waals surface area contributed by atoms with Crippen molar-refractivity contribution in [2.24, 2.45) is 0 Å². The Morgan fingerprint density at radius 2 is 0.600 bits per heavy atom. The fourth-order valence-corrected chi connectivity index (χ4v) is 16.1. The van der Waals surface area contributed by atoms with Crippen LogP contribution in [0.3, 0.4) is 0 Å². The maximum atomic E-state index is 5.54. The Morgan fingerprint density at radius 1 is 0.257 bits per heavy atom. The Labute approximate surface area is 404 Å². The topological polar surface area (TPSA) is 53.5 Å². The van der Waals surface area contributed by atoms with Crippen LogP contribution in [0.5, 0.6) is 0 Å². The van der Waals surface area contributed by atoms with Gasteiger partial charge in [0.15, 0.2) is 13.9 Å². The van der Waals surface area contributed by atoms with E-state index in [0.717, 1.165) is 65.9 Å². The van der Waals surface area contributed by atoms with Gasteiger partial charge in [-0.15, -0.1) is 0 Å². The lowest BCUT2D eigenvalue weighted by Gasteiger charge is -2.34. The zero-order valence-electron chi connectivity index (χ0n) is 37.9. The molecule has 0 bridgehead atoms. The van der Waals surface area contributed by atoms with E-state index in [1.165, 1.54) is 31.5 Å². The van der Waals surface area contributed by atoms with Crippen molar-refractivity contribution in [1.82, 2.24) is 28.7 Å². The molecule has 328 valence electrons. The second kappa shape index (κ2) is 16.0. The summed E-state index contributed by atoms with van der Waals surface area (Å²) < 4.78 is 6.83. The molecule has 0 aliphatic heterocycles. The number of nitrogens with zero attached hydrogens (tertiary/aromatic N) is 6. The van der Waals surface area contributed by atoms with E-state index in [1.54, 1.807) is 0 Å². The van der Waals surface area contributed by atoms with E-state index in [2.05, 4.69) is 268 Å². The summed E-state index contributed by atoms with van der Waals surface area (Å²) >= 11 is 0. The van der Waals surface area contributed by atoms with Crippen LogP contribution in [0.1, 0.15) is 0 Å². The monoisotopic (exact) mass is 910 g/mol. The van der Waals surface area contributed by atoms with Gasteiger partial charge in [0.25, 0.3) is 0 Å². The van der Waals surface area contributed by atoms with Crippen LogP contribution in [-0.2, 0) is 0 Å². The summed E-state index contributed by atoms with van der Waals surface area (Å²) in [5, 5.41) is 12.2. The Bertz CT molecular complexity index is 3970. The summed E-state index contributed by atoms with van der Waals surface area (Å²) in [4.78, 5) is 16.6. The van der Waals surface area contributed by atoms with Gasteiger partial charge in [-0.1, -0.05) is 206 Å². The van der Waals surface area contributed by atoms with Crippen molar-refractivity contribution in [3.63, 3.8) is 0 Å². The van der Waals surface area contributed by atoms with Gasteiger partial charge in [-0.3, -0.25) is 9.13 Å². The maximum absolute atomic E-state index is 5.54. The molecule has 14 aromatic rings. The zero-order valence-corrected chi connectivity index (χ0v) is 38.9. The Hall–Kier alpha value is -9.17. The molecule has 0 N–H and O–H groups in total. The summed E-state index contributed by atoms with van der Waals surface area (Å²) in [7, 11) is -2.89. The SMILES string of the molecule is c1ccc([Si](c2ccccc2)(c2ccccc2)c2ccc3c4ccccc4n(-c4ccccc4-c4nc(-n5c6ccccc6c6ccccc65)nc(-n5c6ccccc6c6ccccc65)n4)c3c2)cc1. The van der Waals surface area contributed by atoms with Gasteiger partial charge in [-0.05, 0) is 69.3 Å². The van der Waals surface area contributed by atoms with Crippen LogP contribution >= 0.6 is 0 Å². The lowest BCUT2D eigenvalue weighted by atomic mass is 10.1. The van der Waals surface area contributed by atoms with Crippen LogP contribution in [0.4, 0.5) is 0 Å². The molecule has 7 heteroatoms. The quantitative estimate of drug-likeness (QED) is 0.113. The van der Waals surface area contributed by atoms with Crippen LogP contribution in [0.15, 0.2) is 255 Å². The number of benzene rings is 10. The largest absolute Gasteiger partial charge is 0.309 e. The average molecular weight is 911 g/mol. The number of para-hydroxylation sites is 6. The predicted octanol–water partition coefficient (Wildman–Crippen LogP) is 12.2. The van der Waals surface area contributed by atoms with Gasteiger partial charge in [-0.2, -0.15) is 15.0 Å². The summed E-state index contributed by atoms with van der Waals surface area (Å²) in [6, 6.07) is 92.1. The highest BCUT2D eigenvalue weighted by atomic mass is 28.3. The van der Waals surface area contributed by atoms with E-state index in [0.29, 0.717) is 17.7 Å². The smallest absolute Gasteiger partial charge is 0.240 e. The van der Waals surface area contributed by atoms with Gasteiger partial charge in [0.05, 0.1) is 38.8 Å². The molecule has 0 spiro atoms. The minimum Gasteiger partial charge on any atom is -0.309 e. The average Bonchev–Trinajstić information content (AvgIpc) is 4.08. The lowest BCUT2D eigenvalue weighted by molar-refractivity contribution is 0.892. The van der Waals surface area contributed by atoms with Crippen LogP contribution in [0, 0.1) is 0 Å². The highest BCUT2D eigenvalue weighted by Gasteiger charge is 2.41. The maximum Gasteiger partial charge on any atom is 0.240 e. The summed E-state index contributed by atoms with van der Waals surface area (Å²) in [6.07, 6.45) is 0. The van der Waals surface area contributed by atoms with Crippen LogP contribution < -0.4 is 20.7 Å².